The Bertz CT molecular complexity index is 585. The highest BCUT2D eigenvalue weighted by Gasteiger charge is 2.29. The topological polar surface area (TPSA) is 50.5 Å². The van der Waals surface area contributed by atoms with Crippen molar-refractivity contribution in [3.05, 3.63) is 23.8 Å². The first-order valence-corrected chi connectivity index (χ1v) is 10.7. The van der Waals surface area contributed by atoms with Crippen molar-refractivity contribution in [3.63, 3.8) is 0 Å². The number of rotatable bonds is 6. The predicted molar refractivity (Wildman–Crippen MR) is 109 cm³/mol. The summed E-state index contributed by atoms with van der Waals surface area (Å²) < 4.78 is 5.80. The first-order chi connectivity index (χ1) is 12.7. The van der Waals surface area contributed by atoms with E-state index in [1.807, 2.05) is 0 Å². The van der Waals surface area contributed by atoms with Gasteiger partial charge in [0, 0.05) is 31.8 Å². The van der Waals surface area contributed by atoms with Crippen LogP contribution < -0.4 is 11.1 Å². The summed E-state index contributed by atoms with van der Waals surface area (Å²) in [6.07, 6.45) is 10.7. The lowest BCUT2D eigenvalue weighted by molar-refractivity contribution is 0.00994. The normalized spacial score (nSPS) is 28.2. The molecule has 3 N–H and O–H groups in total. The maximum Gasteiger partial charge on any atom is 0.0578 e. The Labute approximate surface area is 158 Å². The Balaban J connectivity index is 1.26. The van der Waals surface area contributed by atoms with Crippen LogP contribution in [0.2, 0.25) is 0 Å². The fraction of sp³-hybridized carbons (Fsp3) is 0.727. The Hall–Kier alpha value is -1.26. The Morgan fingerprint density at radius 3 is 2.42 bits per heavy atom. The molecule has 2 saturated carbocycles. The van der Waals surface area contributed by atoms with Crippen LogP contribution in [0, 0.1) is 0 Å². The Kier molecular flexibility index (Phi) is 5.70. The number of hydrogen-bond donors (Lipinski definition) is 2. The summed E-state index contributed by atoms with van der Waals surface area (Å²) in [5.74, 6) is 0.782. The van der Waals surface area contributed by atoms with E-state index in [0.29, 0.717) is 12.1 Å². The van der Waals surface area contributed by atoms with Crippen LogP contribution in [0.5, 0.6) is 0 Å². The van der Waals surface area contributed by atoms with Crippen molar-refractivity contribution >= 4 is 11.4 Å². The highest BCUT2D eigenvalue weighted by molar-refractivity contribution is 5.68. The summed E-state index contributed by atoms with van der Waals surface area (Å²) in [6.45, 7) is 5.39. The van der Waals surface area contributed by atoms with E-state index in [2.05, 4.69) is 35.3 Å². The zero-order valence-electron chi connectivity index (χ0n) is 16.3. The minimum Gasteiger partial charge on any atom is -0.397 e. The van der Waals surface area contributed by atoms with Crippen molar-refractivity contribution < 1.29 is 4.74 Å². The van der Waals surface area contributed by atoms with Gasteiger partial charge in [0.1, 0.15) is 0 Å². The smallest absolute Gasteiger partial charge is 0.0578 e. The van der Waals surface area contributed by atoms with Crippen molar-refractivity contribution in [2.75, 3.05) is 30.7 Å². The summed E-state index contributed by atoms with van der Waals surface area (Å²) in [4.78, 5) is 2.73. The van der Waals surface area contributed by atoms with Gasteiger partial charge in [0.15, 0.2) is 0 Å². The molecule has 4 rings (SSSR count). The van der Waals surface area contributed by atoms with Gasteiger partial charge in [-0.05, 0) is 81.9 Å². The van der Waals surface area contributed by atoms with E-state index >= 15 is 0 Å². The summed E-state index contributed by atoms with van der Waals surface area (Å²) in [7, 11) is 0. The molecule has 0 atom stereocenters. The van der Waals surface area contributed by atoms with E-state index in [0.717, 1.165) is 29.9 Å². The lowest BCUT2D eigenvalue weighted by Gasteiger charge is -2.41. The molecule has 144 valence electrons. The molecular formula is C22H35N3O. The molecule has 0 bridgehead atoms. The van der Waals surface area contributed by atoms with Gasteiger partial charge in [-0.25, -0.2) is 0 Å². The van der Waals surface area contributed by atoms with E-state index in [1.165, 1.54) is 70.0 Å². The minimum absolute atomic E-state index is 0.511. The molecule has 0 unspecified atom stereocenters. The quantitative estimate of drug-likeness (QED) is 0.742. The maximum atomic E-state index is 6.22. The molecular weight excluding hydrogens is 322 g/mol. The third kappa shape index (κ3) is 4.34. The summed E-state index contributed by atoms with van der Waals surface area (Å²) in [5, 5.41) is 3.75. The van der Waals surface area contributed by atoms with E-state index in [9.17, 15) is 0 Å². The van der Waals surface area contributed by atoms with E-state index in [-0.39, 0.29) is 0 Å². The predicted octanol–water partition coefficient (Wildman–Crippen LogP) is 4.37. The minimum atomic E-state index is 0.511. The molecule has 3 fully saturated rings. The lowest BCUT2D eigenvalue weighted by Crippen LogP contribution is -2.46. The number of ether oxygens (including phenoxy) is 1. The molecule has 1 heterocycles. The third-order valence-electron chi connectivity index (χ3n) is 6.58. The molecule has 0 radical (unpaired) electrons. The third-order valence-corrected chi connectivity index (χ3v) is 6.58. The van der Waals surface area contributed by atoms with Gasteiger partial charge < -0.3 is 20.7 Å². The molecule has 1 saturated heterocycles. The Morgan fingerprint density at radius 2 is 1.77 bits per heavy atom. The van der Waals surface area contributed by atoms with E-state index in [1.54, 1.807) is 0 Å². The SMILES string of the molecule is CCOC1CCC(N2CCC(Nc3cc(C4CC4)ccc3N)CC2)CC1. The first-order valence-electron chi connectivity index (χ1n) is 10.7. The number of nitrogens with two attached hydrogens (primary N) is 1. The van der Waals surface area contributed by atoms with Gasteiger partial charge in [0.25, 0.3) is 0 Å². The van der Waals surface area contributed by atoms with Crippen LogP contribution in [0.3, 0.4) is 0 Å². The molecule has 4 heteroatoms. The van der Waals surface area contributed by atoms with Gasteiger partial charge in [-0.3, -0.25) is 0 Å². The Morgan fingerprint density at radius 1 is 1.04 bits per heavy atom. The first kappa shape index (κ1) is 18.1. The van der Waals surface area contributed by atoms with Crippen LogP contribution in [-0.2, 0) is 4.74 Å². The summed E-state index contributed by atoms with van der Waals surface area (Å²) in [6, 6.07) is 7.93. The second-order valence-electron chi connectivity index (χ2n) is 8.46. The molecule has 1 aliphatic heterocycles. The number of piperidine rings is 1. The van der Waals surface area contributed by atoms with Gasteiger partial charge in [-0.2, -0.15) is 0 Å². The second-order valence-corrected chi connectivity index (χ2v) is 8.46. The molecule has 1 aromatic carbocycles. The van der Waals surface area contributed by atoms with E-state index < -0.39 is 0 Å². The maximum absolute atomic E-state index is 6.22. The lowest BCUT2D eigenvalue weighted by atomic mass is 9.90. The number of nitrogens with zero attached hydrogens (tertiary/aromatic N) is 1. The highest BCUT2D eigenvalue weighted by atomic mass is 16.5. The molecule has 0 aromatic heterocycles. The van der Waals surface area contributed by atoms with Crippen LogP contribution in [0.4, 0.5) is 11.4 Å². The number of hydrogen-bond acceptors (Lipinski definition) is 4. The zero-order valence-corrected chi connectivity index (χ0v) is 16.3. The van der Waals surface area contributed by atoms with Crippen molar-refractivity contribution in [3.8, 4) is 0 Å². The number of benzene rings is 1. The number of nitrogens with one attached hydrogen (secondary N) is 1. The fourth-order valence-corrected chi connectivity index (χ4v) is 4.81. The molecule has 1 aromatic rings. The average molecular weight is 358 g/mol. The van der Waals surface area contributed by atoms with Crippen LogP contribution in [-0.4, -0.2) is 42.8 Å². The molecule has 3 aliphatic rings. The highest BCUT2D eigenvalue weighted by Crippen LogP contribution is 2.41. The fourth-order valence-electron chi connectivity index (χ4n) is 4.81. The molecule has 2 aliphatic carbocycles. The average Bonchev–Trinajstić information content (AvgIpc) is 3.50. The van der Waals surface area contributed by atoms with Crippen LogP contribution in [0.25, 0.3) is 0 Å². The number of nitrogen functional groups attached to an aromatic ring is 1. The van der Waals surface area contributed by atoms with Gasteiger partial charge in [-0.1, -0.05) is 6.07 Å². The summed E-state index contributed by atoms with van der Waals surface area (Å²) in [5.41, 5.74) is 9.74. The van der Waals surface area contributed by atoms with Crippen molar-refractivity contribution in [1.82, 2.24) is 4.90 Å². The monoisotopic (exact) mass is 357 g/mol. The van der Waals surface area contributed by atoms with Crippen molar-refractivity contribution in [2.45, 2.75) is 82.4 Å². The molecule has 4 nitrogen and oxygen atoms in total. The second kappa shape index (κ2) is 8.18. The van der Waals surface area contributed by atoms with Gasteiger partial charge in [0.2, 0.25) is 0 Å². The standard InChI is InChI=1S/C22H35N3O/c1-2-26-20-8-6-19(7-9-20)25-13-11-18(12-14-25)24-22-15-17(16-3-4-16)5-10-21(22)23/h5,10,15-16,18-20,24H,2-4,6-9,11-14,23H2,1H3. The largest absolute Gasteiger partial charge is 0.397 e. The van der Waals surface area contributed by atoms with Gasteiger partial charge in [0.05, 0.1) is 17.5 Å². The van der Waals surface area contributed by atoms with Crippen molar-refractivity contribution in [1.29, 1.82) is 0 Å². The van der Waals surface area contributed by atoms with Crippen molar-refractivity contribution in [2.24, 2.45) is 0 Å². The van der Waals surface area contributed by atoms with Crippen LogP contribution in [0.1, 0.15) is 69.8 Å². The molecule has 0 amide bonds. The number of anilines is 2. The molecule has 26 heavy (non-hydrogen) atoms. The van der Waals surface area contributed by atoms with Crippen LogP contribution >= 0.6 is 0 Å². The number of likely N-dealkylation sites (tertiary alicyclic amines) is 1. The van der Waals surface area contributed by atoms with Gasteiger partial charge in [-0.15, -0.1) is 0 Å². The molecule has 0 spiro atoms. The zero-order chi connectivity index (χ0) is 17.9. The van der Waals surface area contributed by atoms with Crippen LogP contribution in [0.15, 0.2) is 18.2 Å². The van der Waals surface area contributed by atoms with Gasteiger partial charge >= 0.3 is 0 Å². The summed E-state index contributed by atoms with van der Waals surface area (Å²) >= 11 is 0. The van der Waals surface area contributed by atoms with E-state index in [4.69, 9.17) is 10.5 Å².